The maximum atomic E-state index is 13.9. The van der Waals surface area contributed by atoms with E-state index < -0.39 is 0 Å². The number of halogens is 1. The van der Waals surface area contributed by atoms with Crippen LogP contribution >= 0.6 is 0 Å². The van der Waals surface area contributed by atoms with Gasteiger partial charge in [0, 0.05) is 19.5 Å². The molecule has 1 aromatic heterocycles. The fourth-order valence-electron chi connectivity index (χ4n) is 2.21. The maximum Gasteiger partial charge on any atom is 0.165 e. The third-order valence-electron chi connectivity index (χ3n) is 3.41. The molecule has 1 N–H and O–H groups in total. The highest BCUT2D eigenvalue weighted by atomic mass is 19.1. The molecular weight excluding hydrogens is 271 g/mol. The molecule has 114 valence electrons. The number of benzene rings is 1. The van der Waals surface area contributed by atoms with Crippen molar-refractivity contribution in [2.24, 2.45) is 7.05 Å². The fourth-order valence-corrected chi connectivity index (χ4v) is 2.21. The summed E-state index contributed by atoms with van der Waals surface area (Å²) >= 11 is 0. The first kappa shape index (κ1) is 15.4. The highest BCUT2D eigenvalue weighted by Gasteiger charge is 2.16. The molecule has 1 heterocycles. The van der Waals surface area contributed by atoms with Crippen LogP contribution in [-0.4, -0.2) is 28.4 Å². The normalized spacial score (nSPS) is 12.4. The summed E-state index contributed by atoms with van der Waals surface area (Å²) in [7, 11) is 3.32. The second-order valence-corrected chi connectivity index (χ2v) is 4.90. The third-order valence-corrected chi connectivity index (χ3v) is 3.41. The van der Waals surface area contributed by atoms with Gasteiger partial charge < -0.3 is 10.1 Å². The second-order valence-electron chi connectivity index (χ2n) is 4.90. The van der Waals surface area contributed by atoms with Crippen LogP contribution in [0.25, 0.3) is 0 Å². The molecule has 2 aromatic rings. The van der Waals surface area contributed by atoms with Gasteiger partial charge in [-0.1, -0.05) is 13.0 Å². The first-order valence-corrected chi connectivity index (χ1v) is 7.05. The molecular formula is C15H21FN4O. The minimum atomic E-state index is -0.351. The van der Waals surface area contributed by atoms with E-state index in [9.17, 15) is 4.39 Å². The molecule has 6 heteroatoms. The van der Waals surface area contributed by atoms with E-state index in [1.54, 1.807) is 10.7 Å². The van der Waals surface area contributed by atoms with E-state index in [0.29, 0.717) is 6.42 Å². The Labute approximate surface area is 124 Å². The van der Waals surface area contributed by atoms with Crippen LogP contribution < -0.4 is 10.1 Å². The number of hydrogen-bond donors (Lipinski definition) is 1. The lowest BCUT2D eigenvalue weighted by Crippen LogP contribution is -2.25. The van der Waals surface area contributed by atoms with E-state index in [4.69, 9.17) is 4.74 Å². The molecule has 0 amide bonds. The zero-order valence-corrected chi connectivity index (χ0v) is 12.6. The predicted molar refractivity (Wildman–Crippen MR) is 78.7 cm³/mol. The smallest absolute Gasteiger partial charge is 0.165 e. The highest BCUT2D eigenvalue weighted by molar-refractivity contribution is 5.31. The van der Waals surface area contributed by atoms with Gasteiger partial charge in [-0.2, -0.15) is 5.10 Å². The molecule has 0 saturated carbocycles. The Kier molecular flexibility index (Phi) is 5.27. The summed E-state index contributed by atoms with van der Waals surface area (Å²) in [5.74, 6) is 0.766. The van der Waals surface area contributed by atoms with Crippen LogP contribution in [0, 0.1) is 5.82 Å². The molecule has 5 nitrogen and oxygen atoms in total. The second kappa shape index (κ2) is 7.17. The molecule has 1 unspecified atom stereocenters. The number of aryl methyl sites for hydroxylation is 1. The van der Waals surface area contributed by atoms with Gasteiger partial charge in [0.15, 0.2) is 11.6 Å². The van der Waals surface area contributed by atoms with Crippen LogP contribution in [0.5, 0.6) is 5.75 Å². The minimum absolute atomic E-state index is 0.00624. The Morgan fingerprint density at radius 1 is 1.43 bits per heavy atom. The van der Waals surface area contributed by atoms with Gasteiger partial charge in [-0.25, -0.2) is 9.37 Å². The van der Waals surface area contributed by atoms with Gasteiger partial charge in [-0.3, -0.25) is 4.68 Å². The van der Waals surface area contributed by atoms with Crippen molar-refractivity contribution in [3.05, 3.63) is 41.7 Å². The van der Waals surface area contributed by atoms with E-state index in [1.807, 2.05) is 13.1 Å². The third kappa shape index (κ3) is 3.78. The fraction of sp³-hybridized carbons (Fsp3) is 0.467. The van der Waals surface area contributed by atoms with Crippen LogP contribution in [0.2, 0.25) is 0 Å². The topological polar surface area (TPSA) is 52.0 Å². The van der Waals surface area contributed by atoms with Crippen molar-refractivity contribution in [1.82, 2.24) is 20.1 Å². The number of nitrogens with zero attached hydrogens (tertiary/aromatic N) is 3. The van der Waals surface area contributed by atoms with Crippen molar-refractivity contribution in [2.75, 3.05) is 13.7 Å². The van der Waals surface area contributed by atoms with Gasteiger partial charge in [-0.15, -0.1) is 0 Å². The van der Waals surface area contributed by atoms with Crippen LogP contribution in [0.4, 0.5) is 4.39 Å². The van der Waals surface area contributed by atoms with E-state index >= 15 is 0 Å². The summed E-state index contributed by atoms with van der Waals surface area (Å²) in [6.45, 7) is 2.96. The van der Waals surface area contributed by atoms with Crippen LogP contribution in [-0.2, 0) is 13.5 Å². The lowest BCUT2D eigenvalue weighted by Gasteiger charge is -2.19. The summed E-state index contributed by atoms with van der Waals surface area (Å²) in [4.78, 5) is 4.24. The number of ether oxygens (including phenoxy) is 1. The van der Waals surface area contributed by atoms with Gasteiger partial charge in [0.25, 0.3) is 0 Å². The van der Waals surface area contributed by atoms with Crippen molar-refractivity contribution in [2.45, 2.75) is 25.8 Å². The highest BCUT2D eigenvalue weighted by Crippen LogP contribution is 2.23. The molecule has 1 atom stereocenters. The Hall–Kier alpha value is -1.95. The van der Waals surface area contributed by atoms with Crippen LogP contribution in [0.1, 0.15) is 30.8 Å². The van der Waals surface area contributed by atoms with Crippen molar-refractivity contribution < 1.29 is 9.13 Å². The van der Waals surface area contributed by atoms with E-state index in [-0.39, 0.29) is 17.6 Å². The molecule has 21 heavy (non-hydrogen) atoms. The quantitative estimate of drug-likeness (QED) is 0.850. The number of rotatable bonds is 7. The summed E-state index contributed by atoms with van der Waals surface area (Å²) in [5, 5.41) is 7.50. The molecule has 0 fully saturated rings. The van der Waals surface area contributed by atoms with Crippen molar-refractivity contribution in [1.29, 1.82) is 0 Å². The molecule has 2 rings (SSSR count). The average molecular weight is 292 g/mol. The lowest BCUT2D eigenvalue weighted by atomic mass is 10.0. The van der Waals surface area contributed by atoms with Gasteiger partial charge in [0.2, 0.25) is 0 Å². The Balaban J connectivity index is 2.22. The standard InChI is InChI=1S/C15H21FN4O/c1-4-7-17-13(9-15-18-10-19-20(15)2)11-5-6-14(21-3)12(16)8-11/h5-6,8,10,13,17H,4,7,9H2,1-3H3. The van der Waals surface area contributed by atoms with Gasteiger partial charge >= 0.3 is 0 Å². The molecule has 0 spiro atoms. The van der Waals surface area contributed by atoms with Crippen molar-refractivity contribution >= 4 is 0 Å². The molecule has 1 aromatic carbocycles. The Morgan fingerprint density at radius 3 is 2.81 bits per heavy atom. The van der Waals surface area contributed by atoms with E-state index in [0.717, 1.165) is 24.4 Å². The van der Waals surface area contributed by atoms with Crippen LogP contribution in [0.15, 0.2) is 24.5 Å². The summed E-state index contributed by atoms with van der Waals surface area (Å²) in [6.07, 6.45) is 3.19. The van der Waals surface area contributed by atoms with Crippen LogP contribution in [0.3, 0.4) is 0 Å². The Bertz CT molecular complexity index is 585. The molecule has 0 aliphatic heterocycles. The minimum Gasteiger partial charge on any atom is -0.494 e. The first-order chi connectivity index (χ1) is 10.2. The van der Waals surface area contributed by atoms with Gasteiger partial charge in [-0.05, 0) is 30.7 Å². The SMILES string of the molecule is CCCNC(Cc1ncnn1C)c1ccc(OC)c(F)c1. The number of nitrogens with one attached hydrogen (secondary N) is 1. The zero-order chi connectivity index (χ0) is 15.2. The molecule has 0 saturated heterocycles. The number of methoxy groups -OCH3 is 1. The van der Waals surface area contributed by atoms with Gasteiger partial charge in [0.05, 0.1) is 7.11 Å². The van der Waals surface area contributed by atoms with Crippen molar-refractivity contribution in [3.8, 4) is 5.75 Å². The van der Waals surface area contributed by atoms with E-state index in [2.05, 4.69) is 22.3 Å². The largest absolute Gasteiger partial charge is 0.494 e. The zero-order valence-electron chi connectivity index (χ0n) is 12.6. The number of hydrogen-bond acceptors (Lipinski definition) is 4. The van der Waals surface area contributed by atoms with Crippen molar-refractivity contribution in [3.63, 3.8) is 0 Å². The van der Waals surface area contributed by atoms with E-state index in [1.165, 1.54) is 19.5 Å². The summed E-state index contributed by atoms with van der Waals surface area (Å²) in [6, 6.07) is 5.05. The summed E-state index contributed by atoms with van der Waals surface area (Å²) in [5.41, 5.74) is 0.879. The molecule has 0 aliphatic rings. The summed E-state index contributed by atoms with van der Waals surface area (Å²) < 4.78 is 20.6. The lowest BCUT2D eigenvalue weighted by molar-refractivity contribution is 0.385. The first-order valence-electron chi connectivity index (χ1n) is 7.05. The molecule has 0 aliphatic carbocycles. The number of aromatic nitrogens is 3. The molecule has 0 radical (unpaired) electrons. The molecule has 0 bridgehead atoms. The average Bonchev–Trinajstić information content (AvgIpc) is 2.88. The maximum absolute atomic E-state index is 13.9. The Morgan fingerprint density at radius 2 is 2.24 bits per heavy atom. The monoisotopic (exact) mass is 292 g/mol. The van der Waals surface area contributed by atoms with Gasteiger partial charge in [0.1, 0.15) is 12.2 Å². The predicted octanol–water partition coefficient (Wildman–Crippen LogP) is 2.25.